The molecular weight excluding hydrogens is 387 g/mol. The van der Waals surface area contributed by atoms with Gasteiger partial charge in [-0.3, -0.25) is 19.6 Å². The van der Waals surface area contributed by atoms with E-state index in [0.29, 0.717) is 25.5 Å². The van der Waals surface area contributed by atoms with Crippen molar-refractivity contribution in [2.24, 2.45) is 13.0 Å². The van der Waals surface area contributed by atoms with Gasteiger partial charge in [0.2, 0.25) is 17.8 Å². The number of fused-ring (bicyclic) bond motifs is 1. The van der Waals surface area contributed by atoms with Crippen molar-refractivity contribution in [3.05, 3.63) is 41.6 Å². The van der Waals surface area contributed by atoms with Crippen LogP contribution in [0, 0.1) is 18.7 Å². The lowest BCUT2D eigenvalue weighted by atomic mass is 9.93. The molecule has 3 aromatic rings. The maximum Gasteiger partial charge on any atom is 0.248 e. The van der Waals surface area contributed by atoms with E-state index in [1.807, 2.05) is 11.8 Å². The molecule has 0 aliphatic carbocycles. The van der Waals surface area contributed by atoms with Crippen molar-refractivity contribution < 1.29 is 14.0 Å². The highest BCUT2D eigenvalue weighted by atomic mass is 19.1. The van der Waals surface area contributed by atoms with Gasteiger partial charge < -0.3 is 9.88 Å². The minimum atomic E-state index is -0.310. The number of halogens is 1. The summed E-state index contributed by atoms with van der Waals surface area (Å²) in [7, 11) is 1.74. The molecule has 4 rings (SSSR count). The van der Waals surface area contributed by atoms with Gasteiger partial charge in [-0.1, -0.05) is 0 Å². The number of carbonyl (C=O) groups excluding carboxylic acids is 2. The third-order valence-electron chi connectivity index (χ3n) is 5.70. The first-order valence-corrected chi connectivity index (χ1v) is 10.1. The zero-order valence-electron chi connectivity index (χ0n) is 17.1. The van der Waals surface area contributed by atoms with Crippen LogP contribution in [0.25, 0.3) is 10.9 Å². The molecule has 0 spiro atoms. The summed E-state index contributed by atoms with van der Waals surface area (Å²) in [5.74, 6) is 0.142. The molecule has 8 nitrogen and oxygen atoms in total. The van der Waals surface area contributed by atoms with Crippen molar-refractivity contribution in [2.45, 2.75) is 32.6 Å². The zero-order valence-corrected chi connectivity index (χ0v) is 17.1. The average Bonchev–Trinajstić information content (AvgIpc) is 3.25. The Morgan fingerprint density at radius 3 is 2.77 bits per heavy atom. The van der Waals surface area contributed by atoms with Gasteiger partial charge in [-0.05, 0) is 49.4 Å². The second-order valence-corrected chi connectivity index (χ2v) is 7.91. The number of hydrogen-bond acceptors (Lipinski definition) is 4. The Labute approximate surface area is 173 Å². The Bertz CT molecular complexity index is 1080. The Kier molecular flexibility index (Phi) is 5.52. The smallest absolute Gasteiger partial charge is 0.248 e. The first kappa shape index (κ1) is 20.1. The molecule has 2 aromatic heterocycles. The molecule has 2 amide bonds. The SMILES string of the molecule is Cc1[nH]c2ccc(F)cc2c1CC(=O)N1CCC(CC(=O)Nc2ncn(C)n2)CC1. The quantitative estimate of drug-likeness (QED) is 0.673. The van der Waals surface area contributed by atoms with Crippen molar-refractivity contribution in [3.63, 3.8) is 0 Å². The molecule has 0 saturated carbocycles. The van der Waals surface area contributed by atoms with Gasteiger partial charge in [-0.15, -0.1) is 5.10 Å². The summed E-state index contributed by atoms with van der Waals surface area (Å²) >= 11 is 0. The molecule has 1 aliphatic heterocycles. The number of aromatic amines is 1. The number of amides is 2. The summed E-state index contributed by atoms with van der Waals surface area (Å²) in [4.78, 5) is 34.1. The molecule has 0 radical (unpaired) electrons. The highest BCUT2D eigenvalue weighted by Gasteiger charge is 2.25. The van der Waals surface area contributed by atoms with Gasteiger partial charge in [-0.2, -0.15) is 0 Å². The van der Waals surface area contributed by atoms with E-state index < -0.39 is 0 Å². The minimum absolute atomic E-state index is 0.0313. The predicted octanol–water partition coefficient (Wildman–Crippen LogP) is 2.55. The van der Waals surface area contributed by atoms with Gasteiger partial charge in [-0.25, -0.2) is 9.37 Å². The Morgan fingerprint density at radius 1 is 1.30 bits per heavy atom. The van der Waals surface area contributed by atoms with Crippen molar-refractivity contribution in [2.75, 3.05) is 18.4 Å². The molecule has 158 valence electrons. The second-order valence-electron chi connectivity index (χ2n) is 7.91. The van der Waals surface area contributed by atoms with Crippen LogP contribution in [-0.4, -0.2) is 49.6 Å². The van der Waals surface area contributed by atoms with Crippen molar-refractivity contribution >= 4 is 28.7 Å². The molecule has 30 heavy (non-hydrogen) atoms. The predicted molar refractivity (Wildman–Crippen MR) is 110 cm³/mol. The van der Waals surface area contributed by atoms with E-state index in [2.05, 4.69) is 20.4 Å². The molecule has 1 fully saturated rings. The van der Waals surface area contributed by atoms with E-state index in [0.717, 1.165) is 35.0 Å². The van der Waals surface area contributed by atoms with Crippen LogP contribution in [0.3, 0.4) is 0 Å². The number of benzene rings is 1. The zero-order chi connectivity index (χ0) is 21.3. The number of aromatic nitrogens is 4. The number of H-pyrrole nitrogens is 1. The van der Waals surface area contributed by atoms with E-state index >= 15 is 0 Å². The van der Waals surface area contributed by atoms with Gasteiger partial charge in [0.1, 0.15) is 12.1 Å². The van der Waals surface area contributed by atoms with E-state index in [1.54, 1.807) is 13.1 Å². The summed E-state index contributed by atoms with van der Waals surface area (Å²) in [6.45, 7) is 3.14. The monoisotopic (exact) mass is 412 g/mol. The van der Waals surface area contributed by atoms with Crippen molar-refractivity contribution in [3.8, 4) is 0 Å². The van der Waals surface area contributed by atoms with Crippen LogP contribution in [0.5, 0.6) is 0 Å². The summed E-state index contributed by atoms with van der Waals surface area (Å²) in [5, 5.41) is 7.51. The van der Waals surface area contributed by atoms with Gasteiger partial charge in [0.25, 0.3) is 0 Å². The van der Waals surface area contributed by atoms with Crippen LogP contribution in [0.4, 0.5) is 10.3 Å². The lowest BCUT2D eigenvalue weighted by Gasteiger charge is -2.31. The number of nitrogens with zero attached hydrogens (tertiary/aromatic N) is 4. The summed E-state index contributed by atoms with van der Waals surface area (Å²) in [5.41, 5.74) is 2.57. The Morgan fingerprint density at radius 2 is 2.07 bits per heavy atom. The summed E-state index contributed by atoms with van der Waals surface area (Å²) < 4.78 is 15.2. The second kappa shape index (κ2) is 8.25. The van der Waals surface area contributed by atoms with Gasteiger partial charge >= 0.3 is 0 Å². The van der Waals surface area contributed by atoms with Crippen LogP contribution >= 0.6 is 0 Å². The minimum Gasteiger partial charge on any atom is -0.358 e. The molecule has 1 aromatic carbocycles. The van der Waals surface area contributed by atoms with Crippen molar-refractivity contribution in [1.82, 2.24) is 24.6 Å². The summed E-state index contributed by atoms with van der Waals surface area (Å²) in [6.07, 6.45) is 3.71. The van der Waals surface area contributed by atoms with Crippen LogP contribution in [-0.2, 0) is 23.1 Å². The van der Waals surface area contributed by atoms with E-state index in [1.165, 1.54) is 23.1 Å². The summed E-state index contributed by atoms with van der Waals surface area (Å²) in [6, 6.07) is 4.58. The third-order valence-corrected chi connectivity index (χ3v) is 5.70. The van der Waals surface area contributed by atoms with Gasteiger partial charge in [0, 0.05) is 43.2 Å². The molecule has 1 saturated heterocycles. The molecular formula is C21H25FN6O2. The highest BCUT2D eigenvalue weighted by molar-refractivity contribution is 5.90. The molecule has 0 bridgehead atoms. The number of aryl methyl sites for hydroxylation is 2. The number of carbonyl (C=O) groups is 2. The number of anilines is 1. The highest BCUT2D eigenvalue weighted by Crippen LogP contribution is 2.26. The Hall–Kier alpha value is -3.23. The molecule has 3 heterocycles. The maximum atomic E-state index is 13.7. The lowest BCUT2D eigenvalue weighted by molar-refractivity contribution is -0.131. The van der Waals surface area contributed by atoms with Crippen LogP contribution < -0.4 is 5.32 Å². The third kappa shape index (κ3) is 4.34. The Balaban J connectivity index is 1.31. The fourth-order valence-corrected chi connectivity index (χ4v) is 4.07. The molecule has 0 unspecified atom stereocenters. The van der Waals surface area contributed by atoms with Gasteiger partial charge in [0.05, 0.1) is 6.42 Å². The van der Waals surface area contributed by atoms with E-state index in [9.17, 15) is 14.0 Å². The van der Waals surface area contributed by atoms with Gasteiger partial charge in [0.15, 0.2) is 0 Å². The van der Waals surface area contributed by atoms with E-state index in [4.69, 9.17) is 0 Å². The number of piperidine rings is 1. The molecule has 1 aliphatic rings. The lowest BCUT2D eigenvalue weighted by Crippen LogP contribution is -2.40. The first-order chi connectivity index (χ1) is 14.4. The van der Waals surface area contributed by atoms with Crippen LogP contribution in [0.15, 0.2) is 24.5 Å². The number of likely N-dealkylation sites (tertiary alicyclic amines) is 1. The van der Waals surface area contributed by atoms with Crippen LogP contribution in [0.1, 0.15) is 30.5 Å². The van der Waals surface area contributed by atoms with E-state index in [-0.39, 0.29) is 30.0 Å². The molecule has 9 heteroatoms. The first-order valence-electron chi connectivity index (χ1n) is 10.1. The van der Waals surface area contributed by atoms with Crippen molar-refractivity contribution in [1.29, 1.82) is 0 Å². The number of rotatable bonds is 5. The topological polar surface area (TPSA) is 95.9 Å². The fraction of sp³-hybridized carbons (Fsp3) is 0.429. The molecule has 0 atom stereocenters. The normalized spacial score (nSPS) is 15.0. The number of nitrogens with one attached hydrogen (secondary N) is 2. The number of hydrogen-bond donors (Lipinski definition) is 2. The standard InChI is InChI=1S/C21H25FN6O2/c1-13-16(17-10-15(22)3-4-18(17)24-13)11-20(30)28-7-5-14(6-8-28)9-19(29)25-21-23-12-27(2)26-21/h3-4,10,12,14,24H,5-9,11H2,1-2H3,(H,25,26,29). The maximum absolute atomic E-state index is 13.7. The fourth-order valence-electron chi connectivity index (χ4n) is 4.07. The van der Waals surface area contributed by atoms with Crippen LogP contribution in [0.2, 0.25) is 0 Å². The molecule has 2 N–H and O–H groups in total. The largest absolute Gasteiger partial charge is 0.358 e. The average molecular weight is 412 g/mol.